The number of pyridine rings is 1. The van der Waals surface area contributed by atoms with Crippen LogP contribution in [0.2, 0.25) is 0 Å². The molecule has 1 aromatic carbocycles. The van der Waals surface area contributed by atoms with Gasteiger partial charge in [0.1, 0.15) is 11.6 Å². The molecule has 0 radical (unpaired) electrons. The van der Waals surface area contributed by atoms with E-state index >= 15 is 0 Å². The molecular weight excluding hydrogens is 253 g/mol. The highest BCUT2D eigenvalue weighted by atomic mass is 19.1. The van der Waals surface area contributed by atoms with Crippen LogP contribution in [0.15, 0.2) is 36.5 Å². The van der Waals surface area contributed by atoms with Gasteiger partial charge >= 0.3 is 0 Å². The van der Waals surface area contributed by atoms with Crippen LogP contribution in [0.25, 0.3) is 0 Å². The van der Waals surface area contributed by atoms with E-state index in [9.17, 15) is 4.39 Å². The lowest BCUT2D eigenvalue weighted by Gasteiger charge is -2.21. The Morgan fingerprint density at radius 1 is 1.35 bits per heavy atom. The van der Waals surface area contributed by atoms with Crippen LogP contribution in [-0.4, -0.2) is 11.5 Å². The van der Waals surface area contributed by atoms with E-state index < -0.39 is 0 Å². The molecule has 1 aromatic heterocycles. The normalized spacial score (nSPS) is 12.3. The molecule has 1 atom stereocenters. The molecule has 2 rings (SSSR count). The van der Waals surface area contributed by atoms with Crippen LogP contribution in [0.4, 0.5) is 10.2 Å². The number of likely N-dealkylation sites (N-methyl/N-ethyl adjacent to an activating group) is 1. The summed E-state index contributed by atoms with van der Waals surface area (Å²) in [5.74, 6) is 0.317. The lowest BCUT2D eigenvalue weighted by atomic mass is 9.95. The van der Waals surface area contributed by atoms with Gasteiger partial charge in [-0.05, 0) is 54.8 Å². The topological polar surface area (TPSA) is 50.9 Å². The number of rotatable bonds is 5. The Kier molecular flexibility index (Phi) is 4.69. The molecule has 0 aliphatic carbocycles. The first-order valence-corrected chi connectivity index (χ1v) is 6.80. The van der Waals surface area contributed by atoms with Crippen LogP contribution >= 0.6 is 0 Å². The number of nitrogens with one attached hydrogen (secondary N) is 1. The zero-order valence-electron chi connectivity index (χ0n) is 11.9. The third kappa shape index (κ3) is 3.33. The zero-order valence-corrected chi connectivity index (χ0v) is 11.9. The van der Waals surface area contributed by atoms with Crippen molar-refractivity contribution in [1.29, 1.82) is 0 Å². The van der Waals surface area contributed by atoms with Crippen LogP contribution in [-0.2, 0) is 6.42 Å². The summed E-state index contributed by atoms with van der Waals surface area (Å²) in [5.41, 5.74) is 8.91. The SMILES string of the molecule is CCNC(Cc1cccnc1N)c1cc(F)ccc1C. The van der Waals surface area contributed by atoms with E-state index in [0.717, 1.165) is 23.2 Å². The van der Waals surface area contributed by atoms with E-state index in [0.29, 0.717) is 12.2 Å². The minimum absolute atomic E-state index is 0.0298. The molecule has 3 nitrogen and oxygen atoms in total. The maximum absolute atomic E-state index is 13.5. The number of anilines is 1. The lowest BCUT2D eigenvalue weighted by molar-refractivity contribution is 0.540. The molecule has 0 fully saturated rings. The highest BCUT2D eigenvalue weighted by Gasteiger charge is 2.15. The molecule has 0 aliphatic rings. The van der Waals surface area contributed by atoms with Crippen LogP contribution in [0.5, 0.6) is 0 Å². The molecule has 2 aromatic rings. The molecule has 20 heavy (non-hydrogen) atoms. The average Bonchev–Trinajstić information content (AvgIpc) is 2.43. The van der Waals surface area contributed by atoms with Crippen molar-refractivity contribution >= 4 is 5.82 Å². The van der Waals surface area contributed by atoms with Gasteiger partial charge in [0.2, 0.25) is 0 Å². The number of halogens is 1. The number of benzene rings is 1. The van der Waals surface area contributed by atoms with Gasteiger partial charge in [-0.3, -0.25) is 0 Å². The van der Waals surface area contributed by atoms with E-state index in [1.807, 2.05) is 32.0 Å². The van der Waals surface area contributed by atoms with Crippen LogP contribution in [0, 0.1) is 12.7 Å². The summed E-state index contributed by atoms with van der Waals surface area (Å²) in [6.07, 6.45) is 2.37. The Labute approximate surface area is 119 Å². The molecule has 0 saturated heterocycles. The number of nitrogens with zero attached hydrogens (tertiary/aromatic N) is 1. The Balaban J connectivity index is 2.32. The van der Waals surface area contributed by atoms with Gasteiger partial charge in [-0.25, -0.2) is 9.37 Å². The van der Waals surface area contributed by atoms with Crippen molar-refractivity contribution in [1.82, 2.24) is 10.3 Å². The van der Waals surface area contributed by atoms with Gasteiger partial charge in [0, 0.05) is 12.2 Å². The fourth-order valence-corrected chi connectivity index (χ4v) is 2.37. The van der Waals surface area contributed by atoms with Crippen LogP contribution in [0.1, 0.15) is 29.7 Å². The third-order valence-electron chi connectivity index (χ3n) is 3.42. The van der Waals surface area contributed by atoms with E-state index in [1.165, 1.54) is 6.07 Å². The van der Waals surface area contributed by atoms with Crippen molar-refractivity contribution in [2.24, 2.45) is 0 Å². The van der Waals surface area contributed by atoms with Crippen LogP contribution in [0.3, 0.4) is 0 Å². The Morgan fingerprint density at radius 2 is 2.15 bits per heavy atom. The van der Waals surface area contributed by atoms with Crippen molar-refractivity contribution in [3.63, 3.8) is 0 Å². The molecule has 0 spiro atoms. The predicted octanol–water partition coefficient (Wildman–Crippen LogP) is 3.00. The molecular formula is C16H20FN3. The first kappa shape index (κ1) is 14.5. The summed E-state index contributed by atoms with van der Waals surface area (Å²) in [7, 11) is 0. The smallest absolute Gasteiger partial charge is 0.126 e. The van der Waals surface area contributed by atoms with E-state index in [-0.39, 0.29) is 11.9 Å². The molecule has 1 heterocycles. The van der Waals surface area contributed by atoms with Gasteiger partial charge in [0.15, 0.2) is 0 Å². The van der Waals surface area contributed by atoms with Crippen molar-refractivity contribution in [2.75, 3.05) is 12.3 Å². The van der Waals surface area contributed by atoms with Gasteiger partial charge in [-0.1, -0.05) is 19.1 Å². The molecule has 0 aliphatic heterocycles. The standard InChI is InChI=1S/C16H20FN3/c1-3-19-15(9-12-5-4-8-20-16(12)18)14-10-13(17)7-6-11(14)2/h4-8,10,15,19H,3,9H2,1-2H3,(H2,18,20). The monoisotopic (exact) mass is 273 g/mol. The molecule has 0 saturated carbocycles. The largest absolute Gasteiger partial charge is 0.383 e. The number of hydrogen-bond donors (Lipinski definition) is 2. The number of nitrogens with two attached hydrogens (primary N) is 1. The number of nitrogen functional groups attached to an aromatic ring is 1. The number of aromatic nitrogens is 1. The molecule has 3 N–H and O–H groups in total. The quantitative estimate of drug-likeness (QED) is 0.880. The third-order valence-corrected chi connectivity index (χ3v) is 3.42. The van der Waals surface area contributed by atoms with Gasteiger partial charge in [-0.2, -0.15) is 0 Å². The van der Waals surface area contributed by atoms with Crippen molar-refractivity contribution in [2.45, 2.75) is 26.3 Å². The second-order valence-electron chi connectivity index (χ2n) is 4.86. The zero-order chi connectivity index (χ0) is 14.5. The van der Waals surface area contributed by atoms with Gasteiger partial charge in [-0.15, -0.1) is 0 Å². The minimum Gasteiger partial charge on any atom is -0.383 e. The second-order valence-corrected chi connectivity index (χ2v) is 4.86. The number of aryl methyl sites for hydroxylation is 1. The highest BCUT2D eigenvalue weighted by Crippen LogP contribution is 2.24. The van der Waals surface area contributed by atoms with E-state index in [2.05, 4.69) is 10.3 Å². The first-order valence-electron chi connectivity index (χ1n) is 6.80. The average molecular weight is 273 g/mol. The maximum Gasteiger partial charge on any atom is 0.126 e. The van der Waals surface area contributed by atoms with Gasteiger partial charge < -0.3 is 11.1 Å². The molecule has 1 unspecified atom stereocenters. The lowest BCUT2D eigenvalue weighted by Crippen LogP contribution is -2.24. The molecule has 0 bridgehead atoms. The number of hydrogen-bond acceptors (Lipinski definition) is 3. The highest BCUT2D eigenvalue weighted by molar-refractivity contribution is 5.40. The Hall–Kier alpha value is -1.94. The fraction of sp³-hybridized carbons (Fsp3) is 0.312. The van der Waals surface area contributed by atoms with Gasteiger partial charge in [0.05, 0.1) is 0 Å². The summed E-state index contributed by atoms with van der Waals surface area (Å²) in [6, 6.07) is 8.74. The summed E-state index contributed by atoms with van der Waals surface area (Å²) in [4.78, 5) is 4.10. The van der Waals surface area contributed by atoms with E-state index in [1.54, 1.807) is 12.3 Å². The van der Waals surface area contributed by atoms with Crippen molar-refractivity contribution in [3.05, 3.63) is 59.0 Å². The minimum atomic E-state index is -0.215. The van der Waals surface area contributed by atoms with Crippen LogP contribution < -0.4 is 11.1 Å². The summed E-state index contributed by atoms with van der Waals surface area (Å²) >= 11 is 0. The van der Waals surface area contributed by atoms with E-state index in [4.69, 9.17) is 5.73 Å². The van der Waals surface area contributed by atoms with Gasteiger partial charge in [0.25, 0.3) is 0 Å². The molecule has 0 amide bonds. The molecule has 4 heteroatoms. The fourth-order valence-electron chi connectivity index (χ4n) is 2.37. The summed E-state index contributed by atoms with van der Waals surface area (Å²) in [6.45, 7) is 4.83. The summed E-state index contributed by atoms with van der Waals surface area (Å²) in [5, 5.41) is 3.39. The second kappa shape index (κ2) is 6.48. The first-order chi connectivity index (χ1) is 9.61. The Morgan fingerprint density at radius 3 is 2.85 bits per heavy atom. The van der Waals surface area contributed by atoms with Crippen molar-refractivity contribution in [3.8, 4) is 0 Å². The maximum atomic E-state index is 13.5. The predicted molar refractivity (Wildman–Crippen MR) is 79.9 cm³/mol. The van der Waals surface area contributed by atoms with Crippen molar-refractivity contribution < 1.29 is 4.39 Å². The summed E-state index contributed by atoms with van der Waals surface area (Å²) < 4.78 is 13.5. The Bertz CT molecular complexity index is 584. The molecule has 106 valence electrons.